The summed E-state index contributed by atoms with van der Waals surface area (Å²) >= 11 is 0. The highest BCUT2D eigenvalue weighted by atomic mass is 16.2. The molecule has 5 rings (SSSR count). The Morgan fingerprint density at radius 1 is 1.03 bits per heavy atom. The molecule has 9 heteroatoms. The Hall–Kier alpha value is -4.19. The van der Waals surface area contributed by atoms with Crippen molar-refractivity contribution in [2.45, 2.75) is 38.5 Å². The number of nitrogens with one attached hydrogen (secondary N) is 2. The number of anilines is 1. The molecule has 0 bridgehead atoms. The molecule has 9 nitrogen and oxygen atoms in total. The van der Waals surface area contributed by atoms with Gasteiger partial charge in [0.1, 0.15) is 6.04 Å². The minimum Gasteiger partial charge on any atom is -0.322 e. The fourth-order valence-electron chi connectivity index (χ4n) is 4.46. The maximum Gasteiger partial charge on any atom is 0.322 e. The van der Waals surface area contributed by atoms with E-state index >= 15 is 0 Å². The first-order valence-corrected chi connectivity index (χ1v) is 10.3. The number of hydrogen-bond donors (Lipinski definition) is 2. The molecule has 3 heterocycles. The molecule has 2 aromatic carbocycles. The van der Waals surface area contributed by atoms with Crippen molar-refractivity contribution < 1.29 is 19.2 Å². The number of rotatable bonds is 2. The van der Waals surface area contributed by atoms with Gasteiger partial charge in [0.2, 0.25) is 11.8 Å². The zero-order valence-electron chi connectivity index (χ0n) is 17.1. The van der Waals surface area contributed by atoms with E-state index in [1.54, 1.807) is 35.2 Å². The average Bonchev–Trinajstić information content (AvgIpc) is 3.34. The number of piperidine rings is 1. The van der Waals surface area contributed by atoms with Crippen molar-refractivity contribution in [1.29, 1.82) is 5.26 Å². The van der Waals surface area contributed by atoms with Crippen molar-refractivity contribution in [2.75, 3.05) is 5.32 Å². The first-order valence-electron chi connectivity index (χ1n) is 10.3. The molecular weight excluding hydrogens is 410 g/mol. The van der Waals surface area contributed by atoms with Crippen LogP contribution in [0.1, 0.15) is 45.5 Å². The predicted molar refractivity (Wildman–Crippen MR) is 112 cm³/mol. The maximum atomic E-state index is 12.8. The molecule has 2 N–H and O–H groups in total. The van der Waals surface area contributed by atoms with Crippen LogP contribution in [0.4, 0.5) is 10.5 Å². The summed E-state index contributed by atoms with van der Waals surface area (Å²) < 4.78 is 0. The van der Waals surface area contributed by atoms with Crippen molar-refractivity contribution in [3.63, 3.8) is 0 Å². The number of carbonyl (C=O) groups is 4. The monoisotopic (exact) mass is 429 g/mol. The highest BCUT2D eigenvalue weighted by Gasteiger charge is 2.39. The van der Waals surface area contributed by atoms with Crippen molar-refractivity contribution >= 4 is 29.4 Å². The van der Waals surface area contributed by atoms with E-state index in [2.05, 4.69) is 16.7 Å². The van der Waals surface area contributed by atoms with Gasteiger partial charge in [0.05, 0.1) is 11.6 Å². The first-order chi connectivity index (χ1) is 15.4. The number of fused-ring (bicyclic) bond motifs is 2. The topological polar surface area (TPSA) is 123 Å². The van der Waals surface area contributed by atoms with Crippen LogP contribution in [-0.4, -0.2) is 39.6 Å². The molecule has 0 aromatic heterocycles. The van der Waals surface area contributed by atoms with E-state index in [-0.39, 0.29) is 30.8 Å². The maximum absolute atomic E-state index is 12.8. The van der Waals surface area contributed by atoms with Crippen molar-refractivity contribution in [3.05, 3.63) is 64.2 Å². The van der Waals surface area contributed by atoms with Gasteiger partial charge in [-0.1, -0.05) is 6.07 Å². The molecule has 0 spiro atoms. The molecule has 1 atom stereocenters. The van der Waals surface area contributed by atoms with Crippen molar-refractivity contribution in [1.82, 2.24) is 15.1 Å². The van der Waals surface area contributed by atoms with E-state index in [4.69, 9.17) is 5.26 Å². The minimum absolute atomic E-state index is 0.200. The number of imide groups is 1. The fraction of sp³-hybridized carbons (Fsp3) is 0.261. The summed E-state index contributed by atoms with van der Waals surface area (Å²) in [6, 6.07) is 11.6. The van der Waals surface area contributed by atoms with E-state index in [0.717, 1.165) is 16.7 Å². The van der Waals surface area contributed by atoms with Crippen LogP contribution in [0, 0.1) is 11.3 Å². The smallest absolute Gasteiger partial charge is 0.322 e. The molecule has 32 heavy (non-hydrogen) atoms. The van der Waals surface area contributed by atoms with E-state index in [1.807, 2.05) is 6.07 Å². The minimum atomic E-state index is -0.674. The number of nitrogens with zero attached hydrogens (tertiary/aromatic N) is 3. The molecule has 1 saturated heterocycles. The number of urea groups is 1. The van der Waals surface area contributed by atoms with Gasteiger partial charge in [-0.05, 0) is 53.4 Å². The van der Waals surface area contributed by atoms with Crippen LogP contribution < -0.4 is 10.6 Å². The second kappa shape index (κ2) is 7.50. The van der Waals surface area contributed by atoms with E-state index in [1.165, 1.54) is 4.90 Å². The Labute approximate surface area is 183 Å². The Bertz CT molecular complexity index is 1230. The lowest BCUT2D eigenvalue weighted by atomic mass is 10.0. The van der Waals surface area contributed by atoms with Gasteiger partial charge in [0, 0.05) is 37.3 Å². The van der Waals surface area contributed by atoms with Crippen molar-refractivity contribution in [2.24, 2.45) is 0 Å². The molecule has 1 unspecified atom stereocenters. The van der Waals surface area contributed by atoms with Crippen LogP contribution in [0.15, 0.2) is 36.4 Å². The Kier molecular flexibility index (Phi) is 4.63. The third-order valence-corrected chi connectivity index (χ3v) is 6.12. The molecule has 0 aliphatic carbocycles. The third-order valence-electron chi connectivity index (χ3n) is 6.12. The zero-order chi connectivity index (χ0) is 22.4. The molecule has 1 fully saturated rings. The van der Waals surface area contributed by atoms with Gasteiger partial charge >= 0.3 is 6.03 Å². The van der Waals surface area contributed by atoms with Crippen LogP contribution in [0.25, 0.3) is 0 Å². The Morgan fingerprint density at radius 2 is 1.84 bits per heavy atom. The van der Waals surface area contributed by atoms with Crippen LogP contribution in [0.5, 0.6) is 0 Å². The summed E-state index contributed by atoms with van der Waals surface area (Å²) in [5, 5.41) is 14.2. The van der Waals surface area contributed by atoms with Crippen LogP contribution in [-0.2, 0) is 29.2 Å². The van der Waals surface area contributed by atoms with Gasteiger partial charge < -0.3 is 15.1 Å². The first kappa shape index (κ1) is 19.8. The van der Waals surface area contributed by atoms with Gasteiger partial charge in [-0.15, -0.1) is 0 Å². The van der Waals surface area contributed by atoms with Gasteiger partial charge in [-0.2, -0.15) is 5.26 Å². The number of hydrogen-bond acceptors (Lipinski definition) is 5. The van der Waals surface area contributed by atoms with Gasteiger partial charge in [-0.25, -0.2) is 4.79 Å². The quantitative estimate of drug-likeness (QED) is 0.706. The summed E-state index contributed by atoms with van der Waals surface area (Å²) in [7, 11) is 0. The Morgan fingerprint density at radius 3 is 2.62 bits per heavy atom. The second-order valence-electron chi connectivity index (χ2n) is 8.15. The number of nitriles is 1. The second-order valence-corrected chi connectivity index (χ2v) is 8.15. The Balaban J connectivity index is 1.27. The summed E-state index contributed by atoms with van der Waals surface area (Å²) in [5.41, 5.74) is 4.30. The standard InChI is InChI=1S/C23H19N5O4/c24-9-13-1-2-14-10-27(11-15(14)7-13)23(32)25-17-3-4-18-16(8-17)12-28(22(18)31)19-5-6-20(29)26-21(19)30/h1-4,7-8,19H,5-6,10-12H2,(H,25,32)(H,26,29,30). The van der Waals surface area contributed by atoms with Crippen LogP contribution in [0.3, 0.4) is 0 Å². The molecule has 0 saturated carbocycles. The van der Waals surface area contributed by atoms with Gasteiger partial charge in [-0.3, -0.25) is 19.7 Å². The molecule has 2 aromatic rings. The summed E-state index contributed by atoms with van der Waals surface area (Å²) in [6.07, 6.45) is 0.503. The average molecular weight is 429 g/mol. The molecular formula is C23H19N5O4. The molecule has 160 valence electrons. The number of amides is 5. The highest BCUT2D eigenvalue weighted by molar-refractivity contribution is 6.05. The molecule has 3 aliphatic heterocycles. The van der Waals surface area contributed by atoms with Crippen molar-refractivity contribution in [3.8, 4) is 6.07 Å². The summed E-state index contributed by atoms with van der Waals surface area (Å²) in [5.74, 6) is -1.03. The van der Waals surface area contributed by atoms with Gasteiger partial charge in [0.25, 0.3) is 5.91 Å². The largest absolute Gasteiger partial charge is 0.322 e. The van der Waals surface area contributed by atoms with Crippen LogP contribution in [0.2, 0.25) is 0 Å². The van der Waals surface area contributed by atoms with E-state index in [9.17, 15) is 19.2 Å². The number of benzene rings is 2. The lowest BCUT2D eigenvalue weighted by molar-refractivity contribution is -0.136. The molecule has 5 amide bonds. The summed E-state index contributed by atoms with van der Waals surface area (Å²) in [4.78, 5) is 52.3. The van der Waals surface area contributed by atoms with E-state index < -0.39 is 11.9 Å². The molecule has 3 aliphatic rings. The molecule has 0 radical (unpaired) electrons. The van der Waals surface area contributed by atoms with Crippen LogP contribution >= 0.6 is 0 Å². The van der Waals surface area contributed by atoms with E-state index in [0.29, 0.717) is 36.3 Å². The zero-order valence-corrected chi connectivity index (χ0v) is 17.1. The third kappa shape index (κ3) is 3.36. The summed E-state index contributed by atoms with van der Waals surface area (Å²) in [6.45, 7) is 1.12. The SMILES string of the molecule is N#Cc1ccc2c(c1)CN(C(=O)Nc1ccc3c(c1)CN(C1CCC(=O)NC1=O)C3=O)C2. The normalized spacial score (nSPS) is 19.3. The fourth-order valence-corrected chi connectivity index (χ4v) is 4.46. The highest BCUT2D eigenvalue weighted by Crippen LogP contribution is 2.30. The van der Waals surface area contributed by atoms with Gasteiger partial charge in [0.15, 0.2) is 0 Å². The lowest BCUT2D eigenvalue weighted by Crippen LogP contribution is -2.52. The predicted octanol–water partition coefficient (Wildman–Crippen LogP) is 1.87. The number of carbonyl (C=O) groups excluding carboxylic acids is 4. The lowest BCUT2D eigenvalue weighted by Gasteiger charge is -2.29.